The van der Waals surface area contributed by atoms with Crippen LogP contribution in [0.2, 0.25) is 0 Å². The highest BCUT2D eigenvalue weighted by atomic mass is 32.2. The first-order valence-electron chi connectivity index (χ1n) is 7.89. The molecule has 0 bridgehead atoms. The largest absolute Gasteiger partial charge is 0.352 e. The zero-order chi connectivity index (χ0) is 16.9. The van der Waals surface area contributed by atoms with E-state index in [-0.39, 0.29) is 17.3 Å². The zero-order valence-corrected chi connectivity index (χ0v) is 14.5. The lowest BCUT2D eigenvalue weighted by Crippen LogP contribution is -2.27. The Morgan fingerprint density at radius 2 is 2.09 bits per heavy atom. The minimum absolute atomic E-state index is 0.0334. The van der Waals surface area contributed by atoms with Gasteiger partial charge in [0.15, 0.2) is 0 Å². The predicted molar refractivity (Wildman–Crippen MR) is 89.4 cm³/mol. The van der Waals surface area contributed by atoms with Crippen molar-refractivity contribution < 1.29 is 13.2 Å². The third-order valence-corrected chi connectivity index (χ3v) is 6.06. The van der Waals surface area contributed by atoms with Crippen LogP contribution in [-0.2, 0) is 21.4 Å². The van der Waals surface area contributed by atoms with Crippen molar-refractivity contribution in [3.63, 3.8) is 0 Å². The standard InChI is InChI=1S/C16H25N3O3S/c1-19(2)23(21,22)15-6-4-3-5-14(15)12-18-16(20)8-7-13-9-10-17-11-13/h3-6,13,17H,7-12H2,1-2H3,(H,18,20). The first kappa shape index (κ1) is 17.9. The number of carbonyl (C=O) groups excluding carboxylic acids is 1. The molecule has 1 heterocycles. The Labute approximate surface area is 138 Å². The van der Waals surface area contributed by atoms with E-state index in [4.69, 9.17) is 0 Å². The van der Waals surface area contributed by atoms with Gasteiger partial charge in [-0.1, -0.05) is 18.2 Å². The Kier molecular flexibility index (Phi) is 6.15. The molecule has 1 aromatic carbocycles. The number of benzene rings is 1. The molecular formula is C16H25N3O3S. The van der Waals surface area contributed by atoms with Gasteiger partial charge < -0.3 is 10.6 Å². The summed E-state index contributed by atoms with van der Waals surface area (Å²) in [5.74, 6) is 0.538. The number of nitrogens with zero attached hydrogens (tertiary/aromatic N) is 1. The molecule has 1 aliphatic rings. The van der Waals surface area contributed by atoms with E-state index in [9.17, 15) is 13.2 Å². The molecule has 0 spiro atoms. The molecule has 1 aliphatic heterocycles. The summed E-state index contributed by atoms with van der Waals surface area (Å²) in [6, 6.07) is 6.77. The molecule has 23 heavy (non-hydrogen) atoms. The minimum atomic E-state index is -3.51. The summed E-state index contributed by atoms with van der Waals surface area (Å²) in [5, 5.41) is 6.12. The number of nitrogens with one attached hydrogen (secondary N) is 2. The second kappa shape index (κ2) is 7.90. The molecular weight excluding hydrogens is 314 g/mol. The summed E-state index contributed by atoms with van der Waals surface area (Å²) in [6.45, 7) is 2.24. The molecule has 0 aliphatic carbocycles. The normalized spacial score (nSPS) is 18.3. The van der Waals surface area contributed by atoms with Crippen LogP contribution >= 0.6 is 0 Å². The Balaban J connectivity index is 1.94. The van der Waals surface area contributed by atoms with Gasteiger partial charge in [-0.25, -0.2) is 12.7 Å². The average Bonchev–Trinajstić information content (AvgIpc) is 3.04. The van der Waals surface area contributed by atoms with Crippen LogP contribution in [0.3, 0.4) is 0 Å². The van der Waals surface area contributed by atoms with Gasteiger partial charge >= 0.3 is 0 Å². The molecule has 1 aromatic rings. The summed E-state index contributed by atoms with van der Waals surface area (Å²) in [4.78, 5) is 12.2. The van der Waals surface area contributed by atoms with Crippen LogP contribution in [0.25, 0.3) is 0 Å². The number of carbonyl (C=O) groups is 1. The van der Waals surface area contributed by atoms with E-state index in [1.807, 2.05) is 0 Å². The number of rotatable bonds is 7. The fourth-order valence-corrected chi connectivity index (χ4v) is 3.79. The lowest BCUT2D eigenvalue weighted by atomic mass is 10.0. The highest BCUT2D eigenvalue weighted by molar-refractivity contribution is 7.89. The van der Waals surface area contributed by atoms with E-state index in [1.54, 1.807) is 24.3 Å². The molecule has 7 heteroatoms. The predicted octanol–water partition coefficient (Wildman–Crippen LogP) is 0.943. The van der Waals surface area contributed by atoms with E-state index in [2.05, 4.69) is 10.6 Å². The van der Waals surface area contributed by atoms with E-state index in [1.165, 1.54) is 18.4 Å². The van der Waals surface area contributed by atoms with E-state index in [0.717, 1.165) is 25.9 Å². The molecule has 128 valence electrons. The zero-order valence-electron chi connectivity index (χ0n) is 13.7. The minimum Gasteiger partial charge on any atom is -0.352 e. The Morgan fingerprint density at radius 3 is 2.74 bits per heavy atom. The van der Waals surface area contributed by atoms with Crippen LogP contribution in [0.15, 0.2) is 29.2 Å². The summed E-state index contributed by atoms with van der Waals surface area (Å²) < 4.78 is 25.8. The third-order valence-electron chi connectivity index (χ3n) is 4.15. The molecule has 2 N–H and O–H groups in total. The molecule has 2 rings (SSSR count). The van der Waals surface area contributed by atoms with Gasteiger partial charge in [0.2, 0.25) is 15.9 Å². The van der Waals surface area contributed by atoms with Crippen molar-refractivity contribution >= 4 is 15.9 Å². The van der Waals surface area contributed by atoms with E-state index in [0.29, 0.717) is 17.9 Å². The monoisotopic (exact) mass is 339 g/mol. The van der Waals surface area contributed by atoms with Crippen molar-refractivity contribution in [2.75, 3.05) is 27.2 Å². The summed E-state index contributed by atoms with van der Waals surface area (Å²) in [7, 11) is -0.506. The molecule has 0 aromatic heterocycles. The van der Waals surface area contributed by atoms with Gasteiger partial charge in [-0.3, -0.25) is 4.79 Å². The van der Waals surface area contributed by atoms with E-state index < -0.39 is 10.0 Å². The molecule has 1 fully saturated rings. The molecule has 0 radical (unpaired) electrons. The maximum atomic E-state index is 12.3. The Hall–Kier alpha value is -1.44. The van der Waals surface area contributed by atoms with E-state index >= 15 is 0 Å². The molecule has 1 atom stereocenters. The van der Waals surface area contributed by atoms with Crippen LogP contribution < -0.4 is 10.6 Å². The number of hydrogen-bond acceptors (Lipinski definition) is 4. The van der Waals surface area contributed by atoms with Crippen LogP contribution in [0.5, 0.6) is 0 Å². The van der Waals surface area contributed by atoms with Gasteiger partial charge in [0, 0.05) is 27.1 Å². The smallest absolute Gasteiger partial charge is 0.242 e. The van der Waals surface area contributed by atoms with Gasteiger partial charge in [0.25, 0.3) is 0 Å². The van der Waals surface area contributed by atoms with Crippen molar-refractivity contribution in [2.45, 2.75) is 30.7 Å². The lowest BCUT2D eigenvalue weighted by molar-refractivity contribution is -0.121. The second-order valence-electron chi connectivity index (χ2n) is 6.07. The van der Waals surface area contributed by atoms with Crippen molar-refractivity contribution in [3.05, 3.63) is 29.8 Å². The highest BCUT2D eigenvalue weighted by Gasteiger charge is 2.21. The lowest BCUT2D eigenvalue weighted by Gasteiger charge is -2.15. The maximum absolute atomic E-state index is 12.3. The SMILES string of the molecule is CN(C)S(=O)(=O)c1ccccc1CNC(=O)CCC1CCNC1. The fourth-order valence-electron chi connectivity index (χ4n) is 2.68. The fraction of sp³-hybridized carbons (Fsp3) is 0.562. The molecule has 0 saturated carbocycles. The number of sulfonamides is 1. The van der Waals surface area contributed by atoms with Gasteiger partial charge in [-0.05, 0) is 43.5 Å². The number of hydrogen-bond donors (Lipinski definition) is 2. The summed E-state index contributed by atoms with van der Waals surface area (Å²) in [6.07, 6.45) is 2.47. The summed E-state index contributed by atoms with van der Waals surface area (Å²) in [5.41, 5.74) is 0.608. The van der Waals surface area contributed by atoms with Gasteiger partial charge in [0.1, 0.15) is 0 Å². The number of amides is 1. The van der Waals surface area contributed by atoms with Gasteiger partial charge in [0.05, 0.1) is 4.90 Å². The molecule has 6 nitrogen and oxygen atoms in total. The average molecular weight is 339 g/mol. The molecule has 1 saturated heterocycles. The van der Waals surface area contributed by atoms with Crippen LogP contribution in [0.1, 0.15) is 24.8 Å². The third kappa shape index (κ3) is 4.76. The van der Waals surface area contributed by atoms with Crippen LogP contribution in [0.4, 0.5) is 0 Å². The van der Waals surface area contributed by atoms with Crippen molar-refractivity contribution in [1.82, 2.24) is 14.9 Å². The quantitative estimate of drug-likeness (QED) is 0.775. The molecule has 1 amide bonds. The van der Waals surface area contributed by atoms with Crippen molar-refractivity contribution in [3.8, 4) is 0 Å². The topological polar surface area (TPSA) is 78.5 Å². The summed E-state index contributed by atoms with van der Waals surface area (Å²) >= 11 is 0. The van der Waals surface area contributed by atoms with Crippen molar-refractivity contribution in [2.24, 2.45) is 5.92 Å². The first-order valence-corrected chi connectivity index (χ1v) is 9.33. The van der Waals surface area contributed by atoms with Gasteiger partial charge in [-0.2, -0.15) is 0 Å². The first-order chi connectivity index (χ1) is 10.9. The second-order valence-corrected chi connectivity index (χ2v) is 8.19. The van der Waals surface area contributed by atoms with Crippen molar-refractivity contribution in [1.29, 1.82) is 0 Å². The Bertz CT molecular complexity index is 638. The Morgan fingerprint density at radius 1 is 1.35 bits per heavy atom. The van der Waals surface area contributed by atoms with Gasteiger partial charge in [-0.15, -0.1) is 0 Å². The highest BCUT2D eigenvalue weighted by Crippen LogP contribution is 2.18. The van der Waals surface area contributed by atoms with Crippen LogP contribution in [-0.4, -0.2) is 45.8 Å². The molecule has 1 unspecified atom stereocenters. The maximum Gasteiger partial charge on any atom is 0.242 e. The van der Waals surface area contributed by atoms with Crippen LogP contribution in [0, 0.1) is 5.92 Å².